The van der Waals surface area contributed by atoms with E-state index in [1.165, 1.54) is 63.4 Å². The number of sulfonamides is 1. The molecule has 0 heterocycles. The van der Waals surface area contributed by atoms with E-state index in [9.17, 15) is 22.4 Å². The van der Waals surface area contributed by atoms with Crippen molar-refractivity contribution in [2.45, 2.75) is 24.4 Å². The van der Waals surface area contributed by atoms with Gasteiger partial charge in [0, 0.05) is 35.3 Å². The summed E-state index contributed by atoms with van der Waals surface area (Å²) in [7, 11) is -0.245. The molecule has 0 radical (unpaired) electrons. The normalized spacial score (nSPS) is 11.9. The Morgan fingerprint density at radius 2 is 1.57 bits per heavy atom. The third-order valence-corrected chi connectivity index (χ3v) is 8.62. The average molecular weight is 613 g/mol. The highest BCUT2D eigenvalue weighted by Gasteiger charge is 2.33. The quantitative estimate of drug-likeness (QED) is 0.342. The van der Waals surface area contributed by atoms with Crippen molar-refractivity contribution in [1.29, 1.82) is 0 Å². The first-order chi connectivity index (χ1) is 18.9. The van der Waals surface area contributed by atoms with Gasteiger partial charge in [0.2, 0.25) is 11.8 Å². The van der Waals surface area contributed by atoms with Gasteiger partial charge in [0.05, 0.1) is 24.8 Å². The van der Waals surface area contributed by atoms with Crippen LogP contribution in [0.5, 0.6) is 11.5 Å². The Labute approximate surface area is 242 Å². The first-order valence-corrected chi connectivity index (χ1v) is 14.1. The van der Waals surface area contributed by atoms with Gasteiger partial charge < -0.3 is 19.7 Å². The minimum absolute atomic E-state index is 0.0212. The summed E-state index contributed by atoms with van der Waals surface area (Å²) in [5, 5.41) is 3.02. The molecule has 3 rings (SSSR count). The van der Waals surface area contributed by atoms with Gasteiger partial charge in [-0.3, -0.25) is 13.9 Å². The van der Waals surface area contributed by atoms with Crippen LogP contribution < -0.4 is 19.1 Å². The smallest absolute Gasteiger partial charge is 0.264 e. The summed E-state index contributed by atoms with van der Waals surface area (Å²) in [5.74, 6) is -1.37. The molecule has 1 N–H and O–H groups in total. The van der Waals surface area contributed by atoms with E-state index in [4.69, 9.17) is 32.7 Å². The maximum Gasteiger partial charge on any atom is 0.264 e. The molecule has 2 amide bonds. The molecular weight excluding hydrogens is 584 g/mol. The van der Waals surface area contributed by atoms with E-state index in [1.54, 1.807) is 18.2 Å². The Morgan fingerprint density at radius 3 is 2.12 bits per heavy atom. The van der Waals surface area contributed by atoms with Crippen LogP contribution in [0.25, 0.3) is 0 Å². The van der Waals surface area contributed by atoms with E-state index >= 15 is 0 Å². The molecule has 1 atom stereocenters. The van der Waals surface area contributed by atoms with E-state index < -0.39 is 40.2 Å². The van der Waals surface area contributed by atoms with Crippen LogP contribution in [0.1, 0.15) is 12.5 Å². The largest absolute Gasteiger partial charge is 0.493 e. The fourth-order valence-electron chi connectivity index (χ4n) is 3.89. The Kier molecular flexibility index (Phi) is 10.2. The molecule has 13 heteroatoms. The molecule has 3 aromatic carbocycles. The van der Waals surface area contributed by atoms with E-state index in [0.717, 1.165) is 16.4 Å². The lowest BCUT2D eigenvalue weighted by Gasteiger charge is -2.32. The molecule has 0 aliphatic heterocycles. The van der Waals surface area contributed by atoms with Crippen LogP contribution >= 0.6 is 23.2 Å². The van der Waals surface area contributed by atoms with E-state index in [2.05, 4.69) is 5.32 Å². The molecule has 0 saturated carbocycles. The van der Waals surface area contributed by atoms with Crippen LogP contribution in [-0.2, 0) is 26.2 Å². The molecule has 0 saturated heterocycles. The minimum atomic E-state index is -4.42. The van der Waals surface area contributed by atoms with E-state index in [1.807, 2.05) is 0 Å². The number of benzene rings is 3. The molecule has 0 bridgehead atoms. The molecule has 0 spiro atoms. The zero-order chi connectivity index (χ0) is 29.6. The molecule has 9 nitrogen and oxygen atoms in total. The van der Waals surface area contributed by atoms with Crippen LogP contribution in [0.3, 0.4) is 0 Å². The Morgan fingerprint density at radius 1 is 0.975 bits per heavy atom. The number of methoxy groups -OCH3 is 2. The van der Waals surface area contributed by atoms with Gasteiger partial charge in [0.25, 0.3) is 10.0 Å². The predicted molar refractivity (Wildman–Crippen MR) is 151 cm³/mol. The molecule has 0 aliphatic carbocycles. The van der Waals surface area contributed by atoms with Crippen molar-refractivity contribution in [3.05, 3.63) is 82.1 Å². The van der Waals surface area contributed by atoms with Crippen molar-refractivity contribution < 1.29 is 31.9 Å². The summed E-state index contributed by atoms with van der Waals surface area (Å²) >= 11 is 12.7. The van der Waals surface area contributed by atoms with Crippen LogP contribution in [-0.4, -0.2) is 59.0 Å². The van der Waals surface area contributed by atoms with Crippen molar-refractivity contribution >= 4 is 50.7 Å². The summed E-state index contributed by atoms with van der Waals surface area (Å²) in [5.41, 5.74) is 0.402. The topological polar surface area (TPSA) is 105 Å². The van der Waals surface area contributed by atoms with Gasteiger partial charge >= 0.3 is 0 Å². The maximum atomic E-state index is 13.9. The van der Waals surface area contributed by atoms with Gasteiger partial charge in [-0.05, 0) is 55.5 Å². The molecule has 3 aromatic rings. The molecule has 0 aromatic heterocycles. The standard InChI is InChI=1S/C27H28Cl2FN3O6S/c1-17(27(35)31-2)32(15-21-22(28)6-5-7-23(21)29)26(34)16-33(19-10-8-18(30)9-11-19)40(36,37)20-12-13-24(38-3)25(14-20)39-4/h5-14,17H,15-16H2,1-4H3,(H,31,35). The second-order valence-electron chi connectivity index (χ2n) is 8.52. The number of amides is 2. The highest BCUT2D eigenvalue weighted by molar-refractivity contribution is 7.92. The third-order valence-electron chi connectivity index (χ3n) is 6.14. The molecule has 0 fully saturated rings. The van der Waals surface area contributed by atoms with E-state index in [-0.39, 0.29) is 32.9 Å². The Balaban J connectivity index is 2.10. The molecule has 40 heavy (non-hydrogen) atoms. The third kappa shape index (κ3) is 6.78. The summed E-state index contributed by atoms with van der Waals surface area (Å²) in [6.07, 6.45) is 0. The Hall–Kier alpha value is -3.54. The van der Waals surface area contributed by atoms with E-state index in [0.29, 0.717) is 11.3 Å². The van der Waals surface area contributed by atoms with Crippen molar-refractivity contribution in [2.75, 3.05) is 32.1 Å². The fourth-order valence-corrected chi connectivity index (χ4v) is 5.83. The highest BCUT2D eigenvalue weighted by atomic mass is 35.5. The van der Waals surface area contributed by atoms with Crippen LogP contribution in [0.2, 0.25) is 10.0 Å². The number of nitrogens with zero attached hydrogens (tertiary/aromatic N) is 2. The lowest BCUT2D eigenvalue weighted by atomic mass is 10.1. The lowest BCUT2D eigenvalue weighted by Crippen LogP contribution is -2.50. The first kappa shape index (κ1) is 31.0. The van der Waals surface area contributed by atoms with Gasteiger partial charge in [0.1, 0.15) is 18.4 Å². The first-order valence-electron chi connectivity index (χ1n) is 11.9. The van der Waals surface area contributed by atoms with Crippen molar-refractivity contribution in [1.82, 2.24) is 10.2 Å². The zero-order valence-electron chi connectivity index (χ0n) is 22.2. The number of hydrogen-bond donors (Lipinski definition) is 1. The summed E-state index contributed by atoms with van der Waals surface area (Å²) in [4.78, 5) is 27.4. The Bertz CT molecular complexity index is 1470. The maximum absolute atomic E-state index is 13.9. The molecule has 1 unspecified atom stereocenters. The van der Waals surface area contributed by atoms with Gasteiger partial charge in [-0.2, -0.15) is 0 Å². The number of rotatable bonds is 11. The number of halogens is 3. The highest BCUT2D eigenvalue weighted by Crippen LogP contribution is 2.33. The lowest BCUT2D eigenvalue weighted by molar-refractivity contribution is -0.139. The number of likely N-dealkylation sites (N-methyl/N-ethyl adjacent to an activating group) is 1. The van der Waals surface area contributed by atoms with Crippen molar-refractivity contribution in [3.63, 3.8) is 0 Å². The molecule has 214 valence electrons. The second-order valence-corrected chi connectivity index (χ2v) is 11.2. The van der Waals surface area contributed by atoms with Crippen molar-refractivity contribution in [2.24, 2.45) is 0 Å². The molecule has 0 aliphatic rings. The van der Waals surface area contributed by atoms with Gasteiger partial charge in [0.15, 0.2) is 11.5 Å². The van der Waals surface area contributed by atoms with Crippen LogP contribution in [0.15, 0.2) is 65.6 Å². The summed E-state index contributed by atoms with van der Waals surface area (Å²) in [6, 6.07) is 12.4. The monoisotopic (exact) mass is 611 g/mol. The molecular formula is C27H28Cl2FN3O6S. The second kappa shape index (κ2) is 13.2. The summed E-state index contributed by atoms with van der Waals surface area (Å²) < 4.78 is 52.9. The number of carbonyl (C=O) groups is 2. The predicted octanol–water partition coefficient (Wildman–Crippen LogP) is 4.51. The number of ether oxygens (including phenoxy) is 2. The fraction of sp³-hybridized carbons (Fsp3) is 0.259. The van der Waals surface area contributed by atoms with Gasteiger partial charge in [-0.1, -0.05) is 29.3 Å². The minimum Gasteiger partial charge on any atom is -0.493 e. The average Bonchev–Trinajstić information content (AvgIpc) is 2.94. The van der Waals surface area contributed by atoms with Gasteiger partial charge in [-0.25, -0.2) is 12.8 Å². The number of carbonyl (C=O) groups excluding carboxylic acids is 2. The number of hydrogen-bond acceptors (Lipinski definition) is 6. The van der Waals surface area contributed by atoms with Crippen molar-refractivity contribution in [3.8, 4) is 11.5 Å². The van der Waals surface area contributed by atoms with Crippen LogP contribution in [0.4, 0.5) is 10.1 Å². The summed E-state index contributed by atoms with van der Waals surface area (Å²) in [6.45, 7) is 0.581. The number of anilines is 1. The van der Waals surface area contributed by atoms with Crippen LogP contribution in [0, 0.1) is 5.82 Å². The SMILES string of the molecule is CNC(=O)C(C)N(Cc1c(Cl)cccc1Cl)C(=O)CN(c1ccc(F)cc1)S(=O)(=O)c1ccc(OC)c(OC)c1. The van der Waals surface area contributed by atoms with Gasteiger partial charge in [-0.15, -0.1) is 0 Å². The zero-order valence-corrected chi connectivity index (χ0v) is 24.5. The number of nitrogens with one attached hydrogen (secondary N) is 1.